The number of nitrogens with zero attached hydrogens (tertiary/aromatic N) is 6. The summed E-state index contributed by atoms with van der Waals surface area (Å²) in [6.45, 7) is 14.5. The molecule has 0 saturated carbocycles. The quantitative estimate of drug-likeness (QED) is 0.414. The lowest BCUT2D eigenvalue weighted by atomic mass is 10.2. The zero-order valence-corrected chi connectivity index (χ0v) is 20.9. The summed E-state index contributed by atoms with van der Waals surface area (Å²) in [7, 11) is 1.66. The van der Waals surface area contributed by atoms with Crippen LogP contribution in [0.25, 0.3) is 0 Å². The Morgan fingerprint density at radius 1 is 1.00 bits per heavy atom. The van der Waals surface area contributed by atoms with Gasteiger partial charge >= 0.3 is 12.2 Å². The minimum absolute atomic E-state index is 0.663. The Balaban J connectivity index is 0.000000344. The van der Waals surface area contributed by atoms with E-state index >= 15 is 0 Å². The van der Waals surface area contributed by atoms with E-state index in [9.17, 15) is 9.59 Å². The topological polar surface area (TPSA) is 130 Å². The Hall–Kier alpha value is -3.63. The van der Waals surface area contributed by atoms with Crippen molar-refractivity contribution in [2.45, 2.75) is 72.1 Å². The average Bonchev–Trinajstić information content (AvgIpc) is 3.16. The number of tetrazole rings is 1. The molecule has 0 aliphatic rings. The summed E-state index contributed by atoms with van der Waals surface area (Å²) >= 11 is 0. The minimum atomic E-state index is -0.918. The highest BCUT2D eigenvalue weighted by Crippen LogP contribution is 2.13. The first-order valence-electron chi connectivity index (χ1n) is 10.7. The van der Waals surface area contributed by atoms with Gasteiger partial charge in [0.25, 0.3) is 0 Å². The van der Waals surface area contributed by atoms with Crippen molar-refractivity contribution >= 4 is 12.2 Å². The number of amides is 2. The van der Waals surface area contributed by atoms with Gasteiger partial charge in [-0.3, -0.25) is 0 Å². The highest BCUT2D eigenvalue weighted by atomic mass is 16.6. The molecule has 0 fully saturated rings. The molecule has 11 nitrogen and oxygen atoms in total. The molecule has 2 aromatic rings. The predicted octanol–water partition coefficient (Wildman–Crippen LogP) is 5.16. The summed E-state index contributed by atoms with van der Waals surface area (Å²) in [6.07, 6.45) is 1.72. The van der Waals surface area contributed by atoms with Crippen LogP contribution in [0.2, 0.25) is 0 Å². The van der Waals surface area contributed by atoms with Crippen LogP contribution < -0.4 is 4.74 Å². The lowest BCUT2D eigenvalue weighted by Gasteiger charge is -2.17. The van der Waals surface area contributed by atoms with E-state index < -0.39 is 23.4 Å². The highest BCUT2D eigenvalue weighted by molar-refractivity contribution is 5.73. The molecular weight excluding hydrogens is 440 g/mol. The average molecular weight is 475 g/mol. The Morgan fingerprint density at radius 3 is 1.97 bits per heavy atom. The summed E-state index contributed by atoms with van der Waals surface area (Å²) in [5.41, 5.74) is -0.184. The number of carbonyl (C=O) groups is 2. The van der Waals surface area contributed by atoms with Gasteiger partial charge in [-0.05, 0) is 76.1 Å². The molecule has 0 N–H and O–H groups in total. The fourth-order valence-corrected chi connectivity index (χ4v) is 2.31. The number of hydrogen-bond acceptors (Lipinski definition) is 8. The van der Waals surface area contributed by atoms with Crippen molar-refractivity contribution in [2.24, 2.45) is 10.2 Å². The Bertz CT molecular complexity index is 925. The number of ether oxygens (including phenoxy) is 3. The molecule has 11 heteroatoms. The van der Waals surface area contributed by atoms with Crippen LogP contribution in [0.15, 0.2) is 47.1 Å². The zero-order chi connectivity index (χ0) is 25.8. The number of carbonyl (C=O) groups excluding carboxylic acids is 2. The van der Waals surface area contributed by atoms with Crippen molar-refractivity contribution in [3.8, 4) is 5.75 Å². The second-order valence-electron chi connectivity index (χ2n) is 9.09. The van der Waals surface area contributed by atoms with Crippen LogP contribution in [0.1, 0.15) is 59.4 Å². The zero-order valence-electron chi connectivity index (χ0n) is 20.9. The van der Waals surface area contributed by atoms with Crippen molar-refractivity contribution in [3.63, 3.8) is 0 Å². The lowest BCUT2D eigenvalue weighted by Crippen LogP contribution is -2.23. The molecule has 0 bridgehead atoms. The molecule has 0 aliphatic carbocycles. The standard InChI is InChI=1S/C13H16N4O.C10H18N2O4/c1-3-4-5-13-14-15-16-17(13)10-11-6-8-12(18-2)9-7-11;1-9(2,3)15-7(13)11-12-8(14)16-10(4,5)6/h3,6-9H,1,4-5,10H2,2H3;1-6H3/b;12-11+. The second kappa shape index (κ2) is 13.2. The SMILES string of the molecule is C=CCCc1nnnn1Cc1ccc(OC)cc1.CC(C)(C)OC(=O)/N=N/C(=O)OC(C)(C)C. The van der Waals surface area contributed by atoms with Gasteiger partial charge in [-0.25, -0.2) is 14.3 Å². The number of benzene rings is 1. The first-order chi connectivity index (χ1) is 15.8. The van der Waals surface area contributed by atoms with E-state index in [2.05, 4.69) is 32.3 Å². The Morgan fingerprint density at radius 2 is 1.53 bits per heavy atom. The highest BCUT2D eigenvalue weighted by Gasteiger charge is 2.18. The second-order valence-corrected chi connectivity index (χ2v) is 9.09. The molecule has 2 amide bonds. The summed E-state index contributed by atoms with van der Waals surface area (Å²) in [6, 6.07) is 7.89. The number of hydrogen-bond donors (Lipinski definition) is 0. The number of aryl methyl sites for hydroxylation is 1. The predicted molar refractivity (Wildman–Crippen MR) is 126 cm³/mol. The van der Waals surface area contributed by atoms with Crippen molar-refractivity contribution in [2.75, 3.05) is 7.11 Å². The first-order valence-corrected chi connectivity index (χ1v) is 10.7. The Kier molecular flexibility index (Phi) is 11.0. The lowest BCUT2D eigenvalue weighted by molar-refractivity contribution is 0.0516. The van der Waals surface area contributed by atoms with Gasteiger partial charge in [0.1, 0.15) is 17.0 Å². The molecule has 0 atom stereocenters. The molecule has 1 aromatic carbocycles. The van der Waals surface area contributed by atoms with Gasteiger partial charge in [0.05, 0.1) is 13.7 Å². The van der Waals surface area contributed by atoms with Crippen LogP contribution in [0, 0.1) is 0 Å². The van der Waals surface area contributed by atoms with Crippen molar-refractivity contribution in [1.82, 2.24) is 20.2 Å². The third-order valence-corrected chi connectivity index (χ3v) is 3.67. The molecule has 1 heterocycles. The molecule has 34 heavy (non-hydrogen) atoms. The molecule has 0 spiro atoms. The summed E-state index contributed by atoms with van der Waals surface area (Å²) < 4.78 is 16.6. The molecule has 0 saturated heterocycles. The van der Waals surface area contributed by atoms with Crippen LogP contribution in [-0.4, -0.2) is 50.7 Å². The van der Waals surface area contributed by atoms with Gasteiger partial charge in [0.15, 0.2) is 5.82 Å². The number of methoxy groups -OCH3 is 1. The van der Waals surface area contributed by atoms with Gasteiger partial charge in [-0.2, -0.15) is 0 Å². The van der Waals surface area contributed by atoms with Gasteiger partial charge in [0.2, 0.25) is 0 Å². The molecule has 1 aromatic heterocycles. The number of azo groups is 1. The van der Waals surface area contributed by atoms with Gasteiger partial charge < -0.3 is 14.2 Å². The fourth-order valence-electron chi connectivity index (χ4n) is 2.31. The van der Waals surface area contributed by atoms with Crippen LogP contribution in [0.5, 0.6) is 5.75 Å². The van der Waals surface area contributed by atoms with Crippen LogP contribution >= 0.6 is 0 Å². The maximum atomic E-state index is 11.0. The normalized spacial score (nSPS) is 11.4. The minimum Gasteiger partial charge on any atom is -0.497 e. The van der Waals surface area contributed by atoms with E-state index in [1.54, 1.807) is 48.7 Å². The monoisotopic (exact) mass is 474 g/mol. The summed E-state index contributed by atoms with van der Waals surface area (Å²) in [4.78, 5) is 22.1. The van der Waals surface area contributed by atoms with E-state index in [-0.39, 0.29) is 0 Å². The van der Waals surface area contributed by atoms with Crippen molar-refractivity contribution in [3.05, 3.63) is 48.3 Å². The third-order valence-electron chi connectivity index (χ3n) is 3.67. The fraction of sp³-hybridized carbons (Fsp3) is 0.522. The van der Waals surface area contributed by atoms with E-state index in [0.29, 0.717) is 6.54 Å². The van der Waals surface area contributed by atoms with Gasteiger partial charge in [-0.15, -0.1) is 11.7 Å². The molecule has 2 rings (SSSR count). The molecular formula is C23H34N6O5. The van der Waals surface area contributed by atoms with Crippen molar-refractivity contribution < 1.29 is 23.8 Å². The Labute approximate surface area is 200 Å². The van der Waals surface area contributed by atoms with Crippen molar-refractivity contribution in [1.29, 1.82) is 0 Å². The molecule has 0 radical (unpaired) electrons. The maximum absolute atomic E-state index is 11.0. The van der Waals surface area contributed by atoms with E-state index in [1.165, 1.54) is 0 Å². The number of allylic oxidation sites excluding steroid dienone is 1. The van der Waals surface area contributed by atoms with E-state index in [1.807, 2.05) is 35.0 Å². The third kappa shape index (κ3) is 12.4. The number of rotatable bonds is 6. The van der Waals surface area contributed by atoms with Gasteiger partial charge in [-0.1, -0.05) is 28.4 Å². The molecule has 0 aliphatic heterocycles. The summed E-state index contributed by atoms with van der Waals surface area (Å²) in [5.74, 6) is 1.73. The summed E-state index contributed by atoms with van der Waals surface area (Å²) in [5, 5.41) is 17.9. The van der Waals surface area contributed by atoms with Crippen LogP contribution in [0.4, 0.5) is 9.59 Å². The van der Waals surface area contributed by atoms with Gasteiger partial charge in [0, 0.05) is 6.42 Å². The largest absolute Gasteiger partial charge is 0.497 e. The van der Waals surface area contributed by atoms with Crippen LogP contribution in [0.3, 0.4) is 0 Å². The first kappa shape index (κ1) is 28.4. The smallest absolute Gasteiger partial charge is 0.453 e. The van der Waals surface area contributed by atoms with E-state index in [0.717, 1.165) is 30.0 Å². The molecule has 186 valence electrons. The number of aromatic nitrogens is 4. The maximum Gasteiger partial charge on any atom is 0.453 e. The molecule has 0 unspecified atom stereocenters. The van der Waals surface area contributed by atoms with E-state index in [4.69, 9.17) is 14.2 Å². The van der Waals surface area contributed by atoms with Crippen LogP contribution in [-0.2, 0) is 22.4 Å².